The Bertz CT molecular complexity index is 713. The molecule has 0 amide bonds. The van der Waals surface area contributed by atoms with Crippen LogP contribution in [0.1, 0.15) is 5.69 Å². The summed E-state index contributed by atoms with van der Waals surface area (Å²) in [6, 6.07) is 6.06. The van der Waals surface area contributed by atoms with Crippen LogP contribution < -0.4 is 9.47 Å². The second-order valence-electron chi connectivity index (χ2n) is 4.36. The fraction of sp³-hybridized carbons (Fsp3) is 0.286. The van der Waals surface area contributed by atoms with E-state index in [0.717, 1.165) is 0 Å². The van der Waals surface area contributed by atoms with E-state index in [4.69, 9.17) is 19.0 Å². The Morgan fingerprint density at radius 1 is 1.29 bits per heavy atom. The van der Waals surface area contributed by atoms with Gasteiger partial charge in [0.05, 0.1) is 12.2 Å². The summed E-state index contributed by atoms with van der Waals surface area (Å²) in [5.41, 5.74) is -1.47. The first-order valence-corrected chi connectivity index (χ1v) is 6.53. The molecular formula is C14H12F3NO6. The number of alkyl halides is 3. The largest absolute Gasteiger partial charge is 0.513 e. The number of para-hydroxylation sites is 1. The molecule has 130 valence electrons. The lowest BCUT2D eigenvalue weighted by molar-refractivity contribution is -0.142. The van der Waals surface area contributed by atoms with E-state index in [1.54, 1.807) is 6.07 Å². The fourth-order valence-corrected chi connectivity index (χ4v) is 1.75. The van der Waals surface area contributed by atoms with Gasteiger partial charge in [0.15, 0.2) is 0 Å². The van der Waals surface area contributed by atoms with Crippen LogP contribution in [-0.4, -0.2) is 36.6 Å². The second-order valence-corrected chi connectivity index (χ2v) is 4.36. The van der Waals surface area contributed by atoms with E-state index in [-0.39, 0.29) is 24.5 Å². The average Bonchev–Trinajstić information content (AvgIpc) is 2.91. The van der Waals surface area contributed by atoms with Crippen LogP contribution in [0.25, 0.3) is 11.5 Å². The summed E-state index contributed by atoms with van der Waals surface area (Å²) in [4.78, 5) is 13.8. The molecule has 0 radical (unpaired) electrons. The Kier molecular flexibility index (Phi) is 5.29. The van der Waals surface area contributed by atoms with E-state index in [1.165, 1.54) is 25.3 Å². The molecule has 1 aromatic carbocycles. The van der Waals surface area contributed by atoms with Crippen LogP contribution in [0, 0.1) is 0 Å². The fourth-order valence-electron chi connectivity index (χ4n) is 1.75. The van der Waals surface area contributed by atoms with Gasteiger partial charge in [0.2, 0.25) is 11.6 Å². The number of rotatable bonds is 6. The number of nitrogens with zero attached hydrogens (tertiary/aromatic N) is 1. The summed E-state index contributed by atoms with van der Waals surface area (Å²) in [6.07, 6.45) is -6.90. The van der Waals surface area contributed by atoms with E-state index in [2.05, 4.69) is 9.72 Å². The lowest BCUT2D eigenvalue weighted by Gasteiger charge is -2.08. The molecule has 0 spiro atoms. The van der Waals surface area contributed by atoms with Gasteiger partial charge in [-0.1, -0.05) is 12.1 Å². The van der Waals surface area contributed by atoms with Gasteiger partial charge in [-0.2, -0.15) is 13.2 Å². The van der Waals surface area contributed by atoms with Crippen molar-refractivity contribution in [2.45, 2.75) is 6.18 Å². The van der Waals surface area contributed by atoms with Crippen molar-refractivity contribution in [2.75, 3.05) is 20.3 Å². The molecule has 10 heteroatoms. The standard InChI is InChI=1S/C14H12F3NO6/c1-21-6-7-22-9-5-3-2-4-8(9)11-18-10(14(15,16)17)12(23-11)24-13(19)20/h2-5H,6-7H2,1H3,(H,19,20). The molecule has 7 nitrogen and oxygen atoms in total. The van der Waals surface area contributed by atoms with Crippen molar-refractivity contribution in [1.29, 1.82) is 0 Å². The van der Waals surface area contributed by atoms with Gasteiger partial charge in [0, 0.05) is 7.11 Å². The minimum Gasteiger partial charge on any atom is -0.490 e. The highest BCUT2D eigenvalue weighted by molar-refractivity contribution is 5.65. The highest BCUT2D eigenvalue weighted by Crippen LogP contribution is 2.40. The van der Waals surface area contributed by atoms with E-state index in [9.17, 15) is 18.0 Å². The molecule has 24 heavy (non-hydrogen) atoms. The number of oxazole rings is 1. The van der Waals surface area contributed by atoms with Gasteiger partial charge in [0.25, 0.3) is 0 Å². The van der Waals surface area contributed by atoms with Gasteiger partial charge in [-0.15, -0.1) is 0 Å². The molecule has 0 fully saturated rings. The molecule has 0 atom stereocenters. The van der Waals surface area contributed by atoms with Gasteiger partial charge >= 0.3 is 18.3 Å². The lowest BCUT2D eigenvalue weighted by Crippen LogP contribution is -2.11. The maximum absolute atomic E-state index is 12.9. The predicted octanol–water partition coefficient (Wildman–Crippen LogP) is 3.44. The highest BCUT2D eigenvalue weighted by atomic mass is 19.4. The van der Waals surface area contributed by atoms with Crippen molar-refractivity contribution in [3.63, 3.8) is 0 Å². The van der Waals surface area contributed by atoms with Crippen molar-refractivity contribution in [3.8, 4) is 23.1 Å². The first-order valence-electron chi connectivity index (χ1n) is 6.53. The molecule has 0 bridgehead atoms. The van der Waals surface area contributed by atoms with Gasteiger partial charge in [-0.25, -0.2) is 9.78 Å². The summed E-state index contributed by atoms with van der Waals surface area (Å²) in [6.45, 7) is 0.417. The van der Waals surface area contributed by atoms with Crippen LogP contribution in [-0.2, 0) is 10.9 Å². The number of aromatic nitrogens is 1. The summed E-state index contributed by atoms with van der Waals surface area (Å²) in [5, 5.41) is 8.52. The third-order valence-corrected chi connectivity index (χ3v) is 2.71. The topological polar surface area (TPSA) is 91.0 Å². The van der Waals surface area contributed by atoms with Crippen LogP contribution in [0.5, 0.6) is 11.7 Å². The number of halogens is 3. The van der Waals surface area contributed by atoms with Crippen molar-refractivity contribution < 1.29 is 41.7 Å². The monoisotopic (exact) mass is 347 g/mol. The molecular weight excluding hydrogens is 335 g/mol. The first kappa shape index (κ1) is 17.6. The van der Waals surface area contributed by atoms with Crippen molar-refractivity contribution in [1.82, 2.24) is 4.98 Å². The second kappa shape index (κ2) is 7.21. The molecule has 1 heterocycles. The SMILES string of the molecule is COCCOc1ccccc1-c1nc(C(F)(F)F)c(OC(=O)O)o1. The first-order chi connectivity index (χ1) is 11.3. The van der Waals surface area contributed by atoms with Gasteiger partial charge in [-0.05, 0) is 12.1 Å². The quantitative estimate of drug-likeness (QED) is 0.632. The zero-order valence-electron chi connectivity index (χ0n) is 12.3. The lowest BCUT2D eigenvalue weighted by atomic mass is 10.2. The smallest absolute Gasteiger partial charge is 0.490 e. The number of methoxy groups -OCH3 is 1. The minimum absolute atomic E-state index is 0.111. The molecule has 0 saturated carbocycles. The Morgan fingerprint density at radius 2 is 2.00 bits per heavy atom. The molecule has 1 aromatic heterocycles. The summed E-state index contributed by atoms with van der Waals surface area (Å²) >= 11 is 0. The molecule has 0 aliphatic carbocycles. The molecule has 1 N–H and O–H groups in total. The van der Waals surface area contributed by atoms with Crippen molar-refractivity contribution >= 4 is 6.16 Å². The number of hydrogen-bond donors (Lipinski definition) is 1. The zero-order valence-corrected chi connectivity index (χ0v) is 12.3. The summed E-state index contributed by atoms with van der Waals surface area (Å²) in [7, 11) is 1.47. The normalized spacial score (nSPS) is 11.3. The molecule has 2 rings (SSSR count). The molecule has 0 aliphatic heterocycles. The minimum atomic E-state index is -4.95. The van der Waals surface area contributed by atoms with Crippen LogP contribution in [0.4, 0.5) is 18.0 Å². The zero-order chi connectivity index (χ0) is 17.7. The van der Waals surface area contributed by atoms with Crippen LogP contribution in [0.3, 0.4) is 0 Å². The number of carboxylic acid groups (broad SMARTS) is 1. The Labute approximate surface area is 133 Å². The molecule has 2 aromatic rings. The average molecular weight is 347 g/mol. The number of ether oxygens (including phenoxy) is 3. The Hall–Kier alpha value is -2.75. The van der Waals surface area contributed by atoms with Crippen molar-refractivity contribution in [2.24, 2.45) is 0 Å². The van der Waals surface area contributed by atoms with Crippen molar-refractivity contribution in [3.05, 3.63) is 30.0 Å². The summed E-state index contributed by atoms with van der Waals surface area (Å²) in [5.74, 6) is -1.53. The maximum atomic E-state index is 12.9. The maximum Gasteiger partial charge on any atom is 0.513 e. The molecule has 0 unspecified atom stereocenters. The third kappa shape index (κ3) is 4.16. The van der Waals surface area contributed by atoms with E-state index in [0.29, 0.717) is 0 Å². The molecule has 0 aliphatic rings. The molecule has 0 saturated heterocycles. The number of hydrogen-bond acceptors (Lipinski definition) is 6. The number of benzene rings is 1. The Morgan fingerprint density at radius 3 is 2.62 bits per heavy atom. The Balaban J connectivity index is 2.42. The third-order valence-electron chi connectivity index (χ3n) is 2.71. The van der Waals surface area contributed by atoms with E-state index in [1.807, 2.05) is 0 Å². The number of carbonyl (C=O) groups is 1. The van der Waals surface area contributed by atoms with Gasteiger partial charge in [0.1, 0.15) is 12.4 Å². The van der Waals surface area contributed by atoms with Gasteiger partial charge in [-0.3, -0.25) is 0 Å². The van der Waals surface area contributed by atoms with Crippen LogP contribution in [0.15, 0.2) is 28.7 Å². The summed E-state index contributed by atoms with van der Waals surface area (Å²) < 4.78 is 57.9. The van der Waals surface area contributed by atoms with Gasteiger partial charge < -0.3 is 23.7 Å². The predicted molar refractivity (Wildman–Crippen MR) is 73.0 cm³/mol. The van der Waals surface area contributed by atoms with E-state index >= 15 is 0 Å². The van der Waals surface area contributed by atoms with Crippen LogP contribution in [0.2, 0.25) is 0 Å². The van der Waals surface area contributed by atoms with Crippen LogP contribution >= 0.6 is 0 Å². The van der Waals surface area contributed by atoms with E-state index < -0.39 is 29.9 Å². The highest BCUT2D eigenvalue weighted by Gasteiger charge is 2.41.